The summed E-state index contributed by atoms with van der Waals surface area (Å²) < 4.78 is 0. The molecule has 1 unspecified atom stereocenters. The number of aliphatic hydroxyl groups is 1. The molecule has 4 nitrogen and oxygen atoms in total. The van der Waals surface area contributed by atoms with Crippen LogP contribution in [0.5, 0.6) is 0 Å². The van der Waals surface area contributed by atoms with E-state index in [1.165, 1.54) is 5.56 Å². The molecule has 0 saturated carbocycles. The van der Waals surface area contributed by atoms with Crippen LogP contribution in [0.25, 0.3) is 0 Å². The van der Waals surface area contributed by atoms with Crippen LogP contribution in [-0.4, -0.2) is 22.8 Å². The van der Waals surface area contributed by atoms with Crippen molar-refractivity contribution in [3.05, 3.63) is 71.3 Å². The van der Waals surface area contributed by atoms with Crippen LogP contribution in [0, 0.1) is 0 Å². The minimum Gasteiger partial charge on any atom is -0.478 e. The third-order valence-electron chi connectivity index (χ3n) is 3.58. The molecule has 0 fully saturated rings. The van der Waals surface area contributed by atoms with E-state index in [0.29, 0.717) is 12.1 Å². The van der Waals surface area contributed by atoms with Gasteiger partial charge in [-0.2, -0.15) is 0 Å². The second-order valence-corrected chi connectivity index (χ2v) is 5.22. The van der Waals surface area contributed by atoms with Crippen molar-refractivity contribution in [3.8, 4) is 0 Å². The third-order valence-corrected chi connectivity index (χ3v) is 3.58. The predicted octanol–water partition coefficient (Wildman–Crippen LogP) is 2.99. The van der Waals surface area contributed by atoms with Crippen LogP contribution in [0.3, 0.4) is 0 Å². The lowest BCUT2D eigenvalue weighted by atomic mass is 10.0. The zero-order valence-electron chi connectivity index (χ0n) is 12.4. The Labute approximate surface area is 130 Å². The lowest BCUT2D eigenvalue weighted by molar-refractivity contribution is 0.0696. The Morgan fingerprint density at radius 2 is 1.86 bits per heavy atom. The van der Waals surface area contributed by atoms with Crippen molar-refractivity contribution in [1.29, 1.82) is 0 Å². The summed E-state index contributed by atoms with van der Waals surface area (Å²) in [6.07, 6.45) is 1.56. The molecule has 0 saturated heterocycles. The minimum atomic E-state index is -0.915. The number of nitrogens with one attached hydrogen (secondary N) is 1. The molecule has 0 bridgehead atoms. The Morgan fingerprint density at radius 1 is 1.09 bits per heavy atom. The quantitative estimate of drug-likeness (QED) is 0.701. The fourth-order valence-corrected chi connectivity index (χ4v) is 2.42. The molecule has 0 spiro atoms. The average molecular weight is 299 g/mol. The van der Waals surface area contributed by atoms with Gasteiger partial charge in [0.25, 0.3) is 0 Å². The molecule has 0 heterocycles. The van der Waals surface area contributed by atoms with Gasteiger partial charge in [0.05, 0.1) is 5.56 Å². The molecule has 0 aliphatic heterocycles. The summed E-state index contributed by atoms with van der Waals surface area (Å²) in [6, 6.07) is 17.2. The first-order valence-electron chi connectivity index (χ1n) is 7.42. The third kappa shape index (κ3) is 4.69. The van der Waals surface area contributed by atoms with Crippen molar-refractivity contribution in [1.82, 2.24) is 5.32 Å². The summed E-state index contributed by atoms with van der Waals surface area (Å²) >= 11 is 0. The Kier molecular flexibility index (Phi) is 6.13. The molecule has 3 N–H and O–H groups in total. The van der Waals surface area contributed by atoms with Gasteiger partial charge in [0.15, 0.2) is 0 Å². The van der Waals surface area contributed by atoms with Crippen LogP contribution in [0.2, 0.25) is 0 Å². The number of rotatable bonds is 8. The molecule has 0 amide bonds. The van der Waals surface area contributed by atoms with Crippen LogP contribution in [0.4, 0.5) is 0 Å². The van der Waals surface area contributed by atoms with E-state index in [0.717, 1.165) is 18.4 Å². The zero-order valence-corrected chi connectivity index (χ0v) is 12.4. The van der Waals surface area contributed by atoms with Gasteiger partial charge in [-0.25, -0.2) is 4.79 Å². The summed E-state index contributed by atoms with van der Waals surface area (Å²) in [6.45, 7) is 0.756. The van der Waals surface area contributed by atoms with E-state index < -0.39 is 5.97 Å². The molecule has 2 aromatic carbocycles. The van der Waals surface area contributed by atoms with Gasteiger partial charge in [0.1, 0.15) is 0 Å². The average Bonchev–Trinajstić information content (AvgIpc) is 2.56. The van der Waals surface area contributed by atoms with Crippen molar-refractivity contribution in [2.75, 3.05) is 6.61 Å². The molecule has 0 aliphatic carbocycles. The summed E-state index contributed by atoms with van der Waals surface area (Å²) in [5.41, 5.74) is 2.40. The number of aliphatic hydroxyl groups excluding tert-OH is 1. The highest BCUT2D eigenvalue weighted by molar-refractivity contribution is 5.87. The van der Waals surface area contributed by atoms with Crippen LogP contribution < -0.4 is 5.32 Å². The van der Waals surface area contributed by atoms with E-state index in [1.54, 1.807) is 18.2 Å². The summed E-state index contributed by atoms with van der Waals surface area (Å²) in [5.74, 6) is -0.915. The van der Waals surface area contributed by atoms with Gasteiger partial charge in [-0.05, 0) is 36.1 Å². The summed E-state index contributed by atoms with van der Waals surface area (Å²) in [4.78, 5) is 11.0. The molecule has 22 heavy (non-hydrogen) atoms. The van der Waals surface area contributed by atoms with Gasteiger partial charge in [0, 0.05) is 19.2 Å². The lowest BCUT2D eigenvalue weighted by Crippen LogP contribution is -2.21. The topological polar surface area (TPSA) is 69.6 Å². The van der Waals surface area contributed by atoms with Gasteiger partial charge in [-0.15, -0.1) is 0 Å². The van der Waals surface area contributed by atoms with Gasteiger partial charge in [-0.3, -0.25) is 0 Å². The minimum absolute atomic E-state index is 0.141. The molecule has 2 rings (SSSR count). The first-order chi connectivity index (χ1) is 10.7. The molecule has 1 atom stereocenters. The second-order valence-electron chi connectivity index (χ2n) is 5.22. The number of carboxylic acid groups (broad SMARTS) is 1. The molecule has 116 valence electrons. The van der Waals surface area contributed by atoms with E-state index in [4.69, 9.17) is 10.2 Å². The van der Waals surface area contributed by atoms with E-state index in [9.17, 15) is 4.79 Å². The largest absolute Gasteiger partial charge is 0.478 e. The fraction of sp³-hybridized carbons (Fsp3) is 0.278. The normalized spacial score (nSPS) is 12.0. The number of hydrogen-bond donors (Lipinski definition) is 3. The number of hydrogen-bond acceptors (Lipinski definition) is 3. The Hall–Kier alpha value is -2.17. The highest BCUT2D eigenvalue weighted by atomic mass is 16.4. The maximum Gasteiger partial charge on any atom is 0.335 e. The smallest absolute Gasteiger partial charge is 0.335 e. The summed E-state index contributed by atoms with van der Waals surface area (Å²) in [5, 5.41) is 21.5. The van der Waals surface area contributed by atoms with Gasteiger partial charge < -0.3 is 15.5 Å². The SMILES string of the molecule is O=C(O)c1cccc(CNC(CCCO)c2ccccc2)c1. The van der Waals surface area contributed by atoms with E-state index in [1.807, 2.05) is 24.3 Å². The Bertz CT molecular complexity index is 598. The molecule has 0 aliphatic rings. The monoisotopic (exact) mass is 299 g/mol. The van der Waals surface area contributed by atoms with E-state index >= 15 is 0 Å². The van der Waals surface area contributed by atoms with Crippen molar-refractivity contribution in [2.24, 2.45) is 0 Å². The van der Waals surface area contributed by atoms with Gasteiger partial charge in [0.2, 0.25) is 0 Å². The van der Waals surface area contributed by atoms with Crippen LogP contribution in [-0.2, 0) is 6.54 Å². The van der Waals surface area contributed by atoms with Crippen LogP contribution in [0.15, 0.2) is 54.6 Å². The van der Waals surface area contributed by atoms with Gasteiger partial charge in [-0.1, -0.05) is 42.5 Å². The number of carbonyl (C=O) groups is 1. The predicted molar refractivity (Wildman–Crippen MR) is 85.7 cm³/mol. The lowest BCUT2D eigenvalue weighted by Gasteiger charge is -2.19. The van der Waals surface area contributed by atoms with Crippen molar-refractivity contribution in [3.63, 3.8) is 0 Å². The standard InChI is InChI=1S/C18H21NO3/c20-11-5-10-17(15-7-2-1-3-8-15)19-13-14-6-4-9-16(12-14)18(21)22/h1-4,6-9,12,17,19-20H,5,10-11,13H2,(H,21,22). The molecule has 2 aromatic rings. The first-order valence-corrected chi connectivity index (χ1v) is 7.42. The van der Waals surface area contributed by atoms with Crippen molar-refractivity contribution in [2.45, 2.75) is 25.4 Å². The maximum atomic E-state index is 11.0. The number of aromatic carboxylic acids is 1. The zero-order chi connectivity index (χ0) is 15.8. The fourth-order valence-electron chi connectivity index (χ4n) is 2.42. The summed E-state index contributed by atoms with van der Waals surface area (Å²) in [7, 11) is 0. The molecule has 0 radical (unpaired) electrons. The number of carboxylic acids is 1. The highest BCUT2D eigenvalue weighted by Gasteiger charge is 2.11. The van der Waals surface area contributed by atoms with E-state index in [2.05, 4.69) is 17.4 Å². The van der Waals surface area contributed by atoms with Crippen LogP contribution >= 0.6 is 0 Å². The first kappa shape index (κ1) is 16.2. The Balaban J connectivity index is 2.05. The Morgan fingerprint density at radius 3 is 2.55 bits per heavy atom. The number of benzene rings is 2. The van der Waals surface area contributed by atoms with Crippen LogP contribution in [0.1, 0.15) is 40.4 Å². The second kappa shape index (κ2) is 8.32. The molecule has 4 heteroatoms. The molecular weight excluding hydrogens is 278 g/mol. The van der Waals surface area contributed by atoms with Crippen molar-refractivity contribution >= 4 is 5.97 Å². The molecule has 0 aromatic heterocycles. The highest BCUT2D eigenvalue weighted by Crippen LogP contribution is 2.19. The van der Waals surface area contributed by atoms with Crippen molar-refractivity contribution < 1.29 is 15.0 Å². The van der Waals surface area contributed by atoms with Gasteiger partial charge >= 0.3 is 5.97 Å². The maximum absolute atomic E-state index is 11.0. The molecular formula is C18H21NO3. The van der Waals surface area contributed by atoms with E-state index in [-0.39, 0.29) is 12.6 Å².